The van der Waals surface area contributed by atoms with Crippen molar-refractivity contribution in [1.82, 2.24) is 16.0 Å². The molecule has 0 saturated heterocycles. The molecule has 12 heteroatoms. The maximum Gasteiger partial charge on any atom is 0.416 e. The number of aliphatic hydroxyl groups excluding tert-OH is 1. The Balaban J connectivity index is 2.95. The van der Waals surface area contributed by atoms with Gasteiger partial charge in [0.15, 0.2) is 5.78 Å². The van der Waals surface area contributed by atoms with Crippen LogP contribution in [0.3, 0.4) is 0 Å². The summed E-state index contributed by atoms with van der Waals surface area (Å²) in [5.74, 6) is -2.26. The number of aliphatic hydroxyl groups is 1. The fourth-order valence-electron chi connectivity index (χ4n) is 3.25. The highest BCUT2D eigenvalue weighted by Gasteiger charge is 2.34. The van der Waals surface area contributed by atoms with Crippen molar-refractivity contribution >= 4 is 17.6 Å². The van der Waals surface area contributed by atoms with Crippen LogP contribution in [0.2, 0.25) is 0 Å². The van der Waals surface area contributed by atoms with Crippen LogP contribution in [-0.4, -0.2) is 60.0 Å². The van der Waals surface area contributed by atoms with E-state index in [1.54, 1.807) is 13.8 Å². The molecule has 0 radical (unpaired) electrons. The predicted molar refractivity (Wildman–Crippen MR) is 120 cm³/mol. The quantitative estimate of drug-likeness (QED) is 0.228. The molecule has 1 aromatic carbocycles. The summed E-state index contributed by atoms with van der Waals surface area (Å²) in [5, 5.41) is 17.6. The Labute approximate surface area is 196 Å². The third-order valence-electron chi connectivity index (χ3n) is 5.16. The summed E-state index contributed by atoms with van der Waals surface area (Å²) < 4.78 is 39.7. The van der Waals surface area contributed by atoms with Crippen LogP contribution in [0, 0.1) is 5.92 Å². The number of amides is 2. The minimum absolute atomic E-state index is 0.0374. The molecule has 0 aliphatic heterocycles. The summed E-state index contributed by atoms with van der Waals surface area (Å²) in [7, 11) is 0. The van der Waals surface area contributed by atoms with Gasteiger partial charge in [-0.3, -0.25) is 14.4 Å². The number of halogens is 3. The number of rotatable bonds is 13. The zero-order valence-corrected chi connectivity index (χ0v) is 19.5. The van der Waals surface area contributed by atoms with E-state index in [9.17, 15) is 32.7 Å². The molecule has 0 aliphatic rings. The number of nitrogens with two attached hydrogens (primary N) is 2. The highest BCUT2D eigenvalue weighted by atomic mass is 19.4. The van der Waals surface area contributed by atoms with Gasteiger partial charge in [0.1, 0.15) is 6.04 Å². The van der Waals surface area contributed by atoms with Gasteiger partial charge in [-0.2, -0.15) is 13.2 Å². The largest absolute Gasteiger partial charge is 0.416 e. The van der Waals surface area contributed by atoms with Gasteiger partial charge in [0.2, 0.25) is 11.8 Å². The van der Waals surface area contributed by atoms with E-state index >= 15 is 0 Å². The van der Waals surface area contributed by atoms with Gasteiger partial charge in [-0.25, -0.2) is 0 Å². The lowest BCUT2D eigenvalue weighted by molar-refractivity contribution is -0.138. The minimum atomic E-state index is -4.56. The van der Waals surface area contributed by atoms with Crippen LogP contribution in [-0.2, 0) is 27.1 Å². The predicted octanol–water partition coefficient (Wildman–Crippen LogP) is 0.0466. The van der Waals surface area contributed by atoms with Crippen LogP contribution in [0.4, 0.5) is 13.2 Å². The highest BCUT2D eigenvalue weighted by molar-refractivity contribution is 5.94. The number of benzene rings is 1. The second kappa shape index (κ2) is 13.4. The van der Waals surface area contributed by atoms with Crippen LogP contribution in [0.1, 0.15) is 38.3 Å². The van der Waals surface area contributed by atoms with E-state index in [1.807, 2.05) is 0 Å². The Morgan fingerprint density at radius 2 is 1.62 bits per heavy atom. The second-order valence-electron chi connectivity index (χ2n) is 8.25. The Bertz CT molecular complexity index is 833. The van der Waals surface area contributed by atoms with Crippen molar-refractivity contribution in [2.45, 2.75) is 64.1 Å². The van der Waals surface area contributed by atoms with Crippen LogP contribution in [0.25, 0.3) is 0 Å². The van der Waals surface area contributed by atoms with Gasteiger partial charge >= 0.3 is 6.18 Å². The van der Waals surface area contributed by atoms with Gasteiger partial charge in [0.05, 0.1) is 23.8 Å². The number of Topliss-reactive ketones (excluding diaryl/α,β-unsaturated/α-hetero) is 1. The second-order valence-corrected chi connectivity index (χ2v) is 8.25. The van der Waals surface area contributed by atoms with Crippen molar-refractivity contribution < 1.29 is 32.7 Å². The zero-order chi connectivity index (χ0) is 26.1. The van der Waals surface area contributed by atoms with Crippen molar-refractivity contribution in [3.8, 4) is 0 Å². The number of hydrogen-bond acceptors (Lipinski definition) is 7. The van der Waals surface area contributed by atoms with E-state index < -0.39 is 53.7 Å². The third-order valence-corrected chi connectivity index (χ3v) is 5.16. The summed E-state index contributed by atoms with van der Waals surface area (Å²) in [5.41, 5.74) is 10.2. The summed E-state index contributed by atoms with van der Waals surface area (Å²) >= 11 is 0. The number of nitrogens with one attached hydrogen (secondary N) is 3. The van der Waals surface area contributed by atoms with Gasteiger partial charge < -0.3 is 32.5 Å². The first-order valence-corrected chi connectivity index (χ1v) is 10.9. The Morgan fingerprint density at radius 1 is 1.00 bits per heavy atom. The first-order chi connectivity index (χ1) is 15.8. The smallest absolute Gasteiger partial charge is 0.391 e. The van der Waals surface area contributed by atoms with Gasteiger partial charge in [-0.15, -0.1) is 0 Å². The highest BCUT2D eigenvalue weighted by Crippen LogP contribution is 2.31. The number of hydrogen-bond donors (Lipinski definition) is 6. The summed E-state index contributed by atoms with van der Waals surface area (Å²) in [4.78, 5) is 37.7. The fourth-order valence-corrected chi connectivity index (χ4v) is 3.25. The molecule has 0 saturated carbocycles. The maximum absolute atomic E-state index is 13.2. The number of ketones is 1. The minimum Gasteiger partial charge on any atom is -0.391 e. The molecule has 1 aromatic rings. The molecule has 0 unspecified atom stereocenters. The average Bonchev–Trinajstić information content (AvgIpc) is 2.76. The lowest BCUT2D eigenvalue weighted by Gasteiger charge is -2.27. The van der Waals surface area contributed by atoms with E-state index in [4.69, 9.17) is 11.5 Å². The summed E-state index contributed by atoms with van der Waals surface area (Å²) in [6.45, 7) is 4.15. The van der Waals surface area contributed by atoms with Crippen LogP contribution >= 0.6 is 0 Å². The molecule has 34 heavy (non-hydrogen) atoms. The van der Waals surface area contributed by atoms with E-state index in [1.165, 1.54) is 25.1 Å². The average molecular weight is 490 g/mol. The fraction of sp³-hybridized carbons (Fsp3) is 0.591. The molecule has 0 aliphatic carbocycles. The van der Waals surface area contributed by atoms with Gasteiger partial charge in [-0.1, -0.05) is 32.0 Å². The lowest BCUT2D eigenvalue weighted by Crippen LogP contribution is -2.59. The van der Waals surface area contributed by atoms with Crippen molar-refractivity contribution in [3.05, 3.63) is 35.4 Å². The van der Waals surface area contributed by atoms with E-state index in [-0.39, 0.29) is 37.4 Å². The summed E-state index contributed by atoms with van der Waals surface area (Å²) in [6.07, 6.45) is -5.83. The Morgan fingerprint density at radius 3 is 2.12 bits per heavy atom. The first-order valence-electron chi connectivity index (χ1n) is 10.9. The summed E-state index contributed by atoms with van der Waals surface area (Å²) in [6, 6.07) is 1.48. The Kier molecular flexibility index (Phi) is 11.6. The van der Waals surface area contributed by atoms with E-state index in [0.717, 1.165) is 6.07 Å². The van der Waals surface area contributed by atoms with Crippen LogP contribution in [0.5, 0.6) is 0 Å². The topological polar surface area (TPSA) is 160 Å². The van der Waals surface area contributed by atoms with Crippen molar-refractivity contribution in [2.24, 2.45) is 17.4 Å². The number of carbonyl (C=O) groups excluding carboxylic acids is 3. The SMILES string of the molecule is CC(C)C(=O)[C@H](CN)NC(=O)[C@@H](NC(=O)[C@H](CCN)NCc1ccccc1C(F)(F)F)[C@H](C)O. The Hall–Kier alpha value is -2.54. The van der Waals surface area contributed by atoms with E-state index in [2.05, 4.69) is 16.0 Å². The number of carbonyl (C=O) groups is 3. The molecule has 0 spiro atoms. The van der Waals surface area contributed by atoms with E-state index in [0.29, 0.717) is 0 Å². The molecule has 2 amide bonds. The van der Waals surface area contributed by atoms with Crippen molar-refractivity contribution in [1.29, 1.82) is 0 Å². The van der Waals surface area contributed by atoms with Crippen LogP contribution in [0.15, 0.2) is 24.3 Å². The third kappa shape index (κ3) is 8.67. The zero-order valence-electron chi connectivity index (χ0n) is 19.5. The van der Waals surface area contributed by atoms with Crippen molar-refractivity contribution in [3.63, 3.8) is 0 Å². The molecule has 0 bridgehead atoms. The normalized spacial score (nSPS) is 15.4. The van der Waals surface area contributed by atoms with Gasteiger partial charge in [0, 0.05) is 19.0 Å². The molecular weight excluding hydrogens is 455 g/mol. The molecule has 0 aromatic heterocycles. The van der Waals surface area contributed by atoms with Crippen molar-refractivity contribution in [2.75, 3.05) is 13.1 Å². The first kappa shape index (κ1) is 29.5. The van der Waals surface area contributed by atoms with Crippen LogP contribution < -0.4 is 27.4 Å². The molecule has 1 rings (SSSR count). The monoisotopic (exact) mass is 489 g/mol. The number of alkyl halides is 3. The molecule has 0 fully saturated rings. The molecule has 8 N–H and O–H groups in total. The van der Waals surface area contributed by atoms with Gasteiger partial charge in [0.25, 0.3) is 0 Å². The molecule has 4 atom stereocenters. The lowest BCUT2D eigenvalue weighted by atomic mass is 10.0. The molecule has 192 valence electrons. The molecule has 9 nitrogen and oxygen atoms in total. The standard InChI is InChI=1S/C22H34F3N5O4/c1-12(2)19(32)17(10-27)29-21(34)18(13(3)31)30-20(33)16(8-9-26)28-11-14-6-4-5-7-15(14)22(23,24)25/h4-7,12-13,16-18,28,31H,8-11,26-27H2,1-3H3,(H,29,34)(H,30,33)/t13-,16-,17-,18-/m0/s1. The molecular formula is C22H34F3N5O4. The van der Waals surface area contributed by atoms with Gasteiger partial charge in [-0.05, 0) is 31.5 Å². The maximum atomic E-state index is 13.2. The molecule has 0 heterocycles.